The van der Waals surface area contributed by atoms with Crippen molar-refractivity contribution in [2.24, 2.45) is 0 Å². The monoisotopic (exact) mass is 282 g/mol. The number of likely N-dealkylation sites (tertiary alicyclic amines) is 1. The molecule has 1 aliphatic rings. The number of nitrogens with zero attached hydrogens (tertiary/aromatic N) is 1. The normalized spacial score (nSPS) is 14.9. The molecule has 1 heterocycles. The lowest BCUT2D eigenvalue weighted by molar-refractivity contribution is -0.130. The van der Waals surface area contributed by atoms with Crippen molar-refractivity contribution in [3.63, 3.8) is 0 Å². The average Bonchev–Trinajstić information content (AvgIpc) is 2.91. The molecule has 1 aliphatic heterocycles. The molecule has 4 nitrogen and oxygen atoms in total. The van der Waals surface area contributed by atoms with Gasteiger partial charge in [0.05, 0.1) is 0 Å². The van der Waals surface area contributed by atoms with Crippen LogP contribution < -0.4 is 5.32 Å². The number of halogens is 1. The molecule has 0 saturated carbocycles. The Kier molecular flexibility index (Phi) is 5.05. The highest BCUT2D eigenvalue weighted by Crippen LogP contribution is 2.24. The van der Waals surface area contributed by atoms with E-state index in [1.807, 2.05) is 4.90 Å². The third kappa shape index (κ3) is 3.85. The van der Waals surface area contributed by atoms with Crippen LogP contribution in [0.25, 0.3) is 0 Å². The smallest absolute Gasteiger partial charge is 0.223 e. The molecule has 0 aromatic heterocycles. The molecule has 104 valence electrons. The van der Waals surface area contributed by atoms with E-state index in [-0.39, 0.29) is 11.7 Å². The highest BCUT2D eigenvalue weighted by atomic mass is 35.5. The van der Waals surface area contributed by atoms with E-state index in [0.717, 1.165) is 25.9 Å². The lowest BCUT2D eigenvalue weighted by Gasteiger charge is -2.15. The number of hydrogen-bond donors (Lipinski definition) is 2. The van der Waals surface area contributed by atoms with Gasteiger partial charge in [0.25, 0.3) is 0 Å². The molecule has 0 unspecified atom stereocenters. The first-order valence-corrected chi connectivity index (χ1v) is 7.01. The molecule has 1 aromatic rings. The second kappa shape index (κ2) is 6.78. The summed E-state index contributed by atoms with van der Waals surface area (Å²) in [6, 6.07) is 5.06. The van der Waals surface area contributed by atoms with Crippen LogP contribution in [0.3, 0.4) is 0 Å². The maximum absolute atomic E-state index is 11.8. The van der Waals surface area contributed by atoms with Gasteiger partial charge in [-0.15, -0.1) is 0 Å². The fourth-order valence-corrected chi connectivity index (χ4v) is 2.49. The number of nitrogens with one attached hydrogen (secondary N) is 1. The molecule has 0 bridgehead atoms. The van der Waals surface area contributed by atoms with Gasteiger partial charge in [0.2, 0.25) is 5.91 Å². The zero-order chi connectivity index (χ0) is 13.7. The molecule has 1 fully saturated rings. The molecule has 2 N–H and O–H groups in total. The van der Waals surface area contributed by atoms with Crippen LogP contribution in [-0.4, -0.2) is 35.5 Å². The van der Waals surface area contributed by atoms with Crippen molar-refractivity contribution >= 4 is 17.5 Å². The quantitative estimate of drug-likeness (QED) is 0.814. The van der Waals surface area contributed by atoms with Crippen molar-refractivity contribution in [1.82, 2.24) is 10.2 Å². The Labute approximate surface area is 118 Å². The van der Waals surface area contributed by atoms with E-state index in [1.54, 1.807) is 18.2 Å². The number of amides is 1. The fraction of sp³-hybridized carbons (Fsp3) is 0.500. The number of aromatic hydroxyl groups is 1. The molecule has 0 aliphatic carbocycles. The van der Waals surface area contributed by atoms with Crippen LogP contribution in [0.2, 0.25) is 5.02 Å². The Morgan fingerprint density at radius 2 is 2.11 bits per heavy atom. The molecule has 0 spiro atoms. The van der Waals surface area contributed by atoms with E-state index in [0.29, 0.717) is 30.1 Å². The predicted molar refractivity (Wildman–Crippen MR) is 75.3 cm³/mol. The summed E-state index contributed by atoms with van der Waals surface area (Å²) < 4.78 is 0. The minimum Gasteiger partial charge on any atom is -0.508 e. The topological polar surface area (TPSA) is 52.6 Å². The van der Waals surface area contributed by atoms with Gasteiger partial charge in [0, 0.05) is 43.2 Å². The average molecular weight is 283 g/mol. The molecule has 1 amide bonds. The van der Waals surface area contributed by atoms with Crippen molar-refractivity contribution in [2.45, 2.75) is 25.8 Å². The molecule has 1 saturated heterocycles. The van der Waals surface area contributed by atoms with Gasteiger partial charge in [-0.1, -0.05) is 17.7 Å². The van der Waals surface area contributed by atoms with E-state index in [9.17, 15) is 9.90 Å². The van der Waals surface area contributed by atoms with Crippen molar-refractivity contribution < 1.29 is 9.90 Å². The maximum atomic E-state index is 11.8. The third-order valence-corrected chi connectivity index (χ3v) is 3.72. The molecule has 0 radical (unpaired) electrons. The molecule has 2 rings (SSSR count). The Hall–Kier alpha value is -1.26. The first kappa shape index (κ1) is 14.2. The summed E-state index contributed by atoms with van der Waals surface area (Å²) in [4.78, 5) is 13.7. The summed E-state index contributed by atoms with van der Waals surface area (Å²) in [5, 5.41) is 13.4. The van der Waals surface area contributed by atoms with Gasteiger partial charge in [0.1, 0.15) is 5.75 Å². The van der Waals surface area contributed by atoms with Crippen LogP contribution in [0.15, 0.2) is 18.2 Å². The van der Waals surface area contributed by atoms with E-state index in [2.05, 4.69) is 5.32 Å². The molecule has 1 aromatic carbocycles. The zero-order valence-corrected chi connectivity index (χ0v) is 11.6. The number of phenols is 1. The number of carbonyl (C=O) groups is 1. The Balaban J connectivity index is 1.73. The van der Waals surface area contributed by atoms with Crippen LogP contribution in [0.5, 0.6) is 5.75 Å². The van der Waals surface area contributed by atoms with E-state index in [4.69, 9.17) is 11.6 Å². The summed E-state index contributed by atoms with van der Waals surface area (Å²) >= 11 is 6.00. The summed E-state index contributed by atoms with van der Waals surface area (Å²) in [5.74, 6) is 0.388. The molecule has 5 heteroatoms. The highest BCUT2D eigenvalue weighted by molar-refractivity contribution is 6.31. The van der Waals surface area contributed by atoms with Crippen LogP contribution in [0.4, 0.5) is 0 Å². The second-order valence-corrected chi connectivity index (χ2v) is 5.16. The maximum Gasteiger partial charge on any atom is 0.223 e. The van der Waals surface area contributed by atoms with Gasteiger partial charge >= 0.3 is 0 Å². The lowest BCUT2D eigenvalue weighted by atomic mass is 10.2. The molecular formula is C14H19ClN2O2. The number of benzene rings is 1. The number of carbonyl (C=O) groups excluding carboxylic acids is 1. The van der Waals surface area contributed by atoms with Gasteiger partial charge in [-0.3, -0.25) is 4.79 Å². The van der Waals surface area contributed by atoms with Crippen molar-refractivity contribution in [3.8, 4) is 5.75 Å². The fourth-order valence-electron chi connectivity index (χ4n) is 2.26. The van der Waals surface area contributed by atoms with Gasteiger partial charge in [0.15, 0.2) is 0 Å². The first-order chi connectivity index (χ1) is 9.18. The Morgan fingerprint density at radius 1 is 1.37 bits per heavy atom. The predicted octanol–water partition coefficient (Wildman–Crippen LogP) is 2.15. The van der Waals surface area contributed by atoms with Gasteiger partial charge in [-0.2, -0.15) is 0 Å². The van der Waals surface area contributed by atoms with Crippen molar-refractivity contribution in [3.05, 3.63) is 28.8 Å². The van der Waals surface area contributed by atoms with Crippen molar-refractivity contribution in [2.75, 3.05) is 19.6 Å². The Bertz CT molecular complexity index is 425. The molecular weight excluding hydrogens is 264 g/mol. The first-order valence-electron chi connectivity index (χ1n) is 6.63. The molecule has 19 heavy (non-hydrogen) atoms. The summed E-state index contributed by atoms with van der Waals surface area (Å²) in [7, 11) is 0. The second-order valence-electron chi connectivity index (χ2n) is 4.75. The van der Waals surface area contributed by atoms with Crippen LogP contribution in [-0.2, 0) is 11.3 Å². The van der Waals surface area contributed by atoms with Gasteiger partial charge in [-0.05, 0) is 25.0 Å². The largest absolute Gasteiger partial charge is 0.508 e. The minimum atomic E-state index is 0.186. The third-order valence-electron chi connectivity index (χ3n) is 3.37. The zero-order valence-electron chi connectivity index (χ0n) is 10.9. The van der Waals surface area contributed by atoms with E-state index < -0.39 is 0 Å². The van der Waals surface area contributed by atoms with Crippen LogP contribution in [0.1, 0.15) is 24.8 Å². The highest BCUT2D eigenvalue weighted by Gasteiger charge is 2.17. The minimum absolute atomic E-state index is 0.186. The van der Waals surface area contributed by atoms with E-state index in [1.165, 1.54) is 0 Å². The van der Waals surface area contributed by atoms with Crippen LogP contribution >= 0.6 is 11.6 Å². The number of hydrogen-bond acceptors (Lipinski definition) is 3. The summed E-state index contributed by atoms with van der Waals surface area (Å²) in [6.45, 7) is 2.85. The number of rotatable bonds is 5. The standard InChI is InChI=1S/C14H19ClN2O2/c15-12-4-3-5-13(18)11(12)10-16-7-6-14(19)17-8-1-2-9-17/h3-5,16,18H,1-2,6-10H2. The van der Waals surface area contributed by atoms with Gasteiger partial charge < -0.3 is 15.3 Å². The number of phenolic OH excluding ortho intramolecular Hbond substituents is 1. The lowest BCUT2D eigenvalue weighted by Crippen LogP contribution is -2.30. The SMILES string of the molecule is O=C(CCNCc1c(O)cccc1Cl)N1CCCC1. The van der Waals surface area contributed by atoms with Crippen molar-refractivity contribution in [1.29, 1.82) is 0 Å². The van der Waals surface area contributed by atoms with Crippen LogP contribution in [0, 0.1) is 0 Å². The summed E-state index contributed by atoms with van der Waals surface area (Å²) in [6.07, 6.45) is 2.73. The van der Waals surface area contributed by atoms with Gasteiger partial charge in [-0.25, -0.2) is 0 Å². The Morgan fingerprint density at radius 3 is 2.79 bits per heavy atom. The summed E-state index contributed by atoms with van der Waals surface area (Å²) in [5.41, 5.74) is 0.679. The molecule has 0 atom stereocenters. The van der Waals surface area contributed by atoms with E-state index >= 15 is 0 Å².